The number of rotatable bonds is 3. The maximum Gasteiger partial charge on any atom is 0.280 e. The summed E-state index contributed by atoms with van der Waals surface area (Å²) in [5.41, 5.74) is 0.664. The van der Waals surface area contributed by atoms with Crippen molar-refractivity contribution in [2.45, 2.75) is 0 Å². The van der Waals surface area contributed by atoms with Gasteiger partial charge in [0.1, 0.15) is 5.69 Å². The highest BCUT2D eigenvalue weighted by atomic mass is 16.2. The Balaban J connectivity index is 2.29. The number of carbonyl (C=O) groups excluding carboxylic acids is 2. The first-order valence-corrected chi connectivity index (χ1v) is 4.71. The Morgan fingerprint density at radius 1 is 1.40 bits per heavy atom. The quantitative estimate of drug-likeness (QED) is 0.700. The van der Waals surface area contributed by atoms with Crippen LogP contribution in [0, 0.1) is 0 Å². The molecule has 0 aromatic carbocycles. The molecule has 5 nitrogen and oxygen atoms in total. The molecular formula is C10H11N3O2. The number of hydrogen-bond donors (Lipinski definition) is 1. The summed E-state index contributed by atoms with van der Waals surface area (Å²) in [6, 6.07) is 3.29. The van der Waals surface area contributed by atoms with Crippen molar-refractivity contribution < 1.29 is 9.59 Å². The second-order valence-corrected chi connectivity index (χ2v) is 3.27. The zero-order valence-electron chi connectivity index (χ0n) is 8.36. The van der Waals surface area contributed by atoms with E-state index >= 15 is 0 Å². The molecular weight excluding hydrogens is 194 g/mol. The second-order valence-electron chi connectivity index (χ2n) is 3.27. The van der Waals surface area contributed by atoms with E-state index in [0.29, 0.717) is 18.7 Å². The Hall–Kier alpha value is -1.75. The van der Waals surface area contributed by atoms with E-state index in [4.69, 9.17) is 0 Å². The molecule has 1 aromatic heterocycles. The molecule has 5 heteroatoms. The normalized spacial score (nSPS) is 14.6. The number of nitrogens with one attached hydrogen (secondary N) is 1. The number of nitrogens with zero attached hydrogens (tertiary/aromatic N) is 2. The van der Waals surface area contributed by atoms with Crippen molar-refractivity contribution in [3.8, 4) is 0 Å². The molecule has 0 radical (unpaired) electrons. The van der Waals surface area contributed by atoms with E-state index in [2.05, 4.69) is 10.3 Å². The molecule has 78 valence electrons. The van der Waals surface area contributed by atoms with E-state index < -0.39 is 0 Å². The first-order chi connectivity index (χ1) is 7.25. The molecule has 0 aliphatic carbocycles. The maximum atomic E-state index is 11.8. The summed E-state index contributed by atoms with van der Waals surface area (Å²) in [7, 11) is 1.77. The number of hydrogen-bond acceptors (Lipinski definition) is 4. The van der Waals surface area contributed by atoms with Gasteiger partial charge in [0.05, 0.1) is 5.56 Å². The lowest BCUT2D eigenvalue weighted by atomic mass is 10.2. The van der Waals surface area contributed by atoms with Crippen LogP contribution in [0.3, 0.4) is 0 Å². The van der Waals surface area contributed by atoms with Crippen molar-refractivity contribution in [3.63, 3.8) is 0 Å². The average Bonchev–Trinajstić information content (AvgIpc) is 2.51. The number of fused-ring (bicyclic) bond motifs is 1. The van der Waals surface area contributed by atoms with Crippen LogP contribution in [0.4, 0.5) is 0 Å². The topological polar surface area (TPSA) is 62.3 Å². The van der Waals surface area contributed by atoms with Gasteiger partial charge < -0.3 is 5.32 Å². The molecule has 15 heavy (non-hydrogen) atoms. The highest BCUT2D eigenvalue weighted by molar-refractivity contribution is 6.20. The van der Waals surface area contributed by atoms with Gasteiger partial charge >= 0.3 is 0 Å². The molecule has 2 amide bonds. The molecule has 1 aliphatic heterocycles. The summed E-state index contributed by atoms with van der Waals surface area (Å²) >= 11 is 0. The molecule has 2 rings (SSSR count). The third kappa shape index (κ3) is 1.50. The van der Waals surface area contributed by atoms with Gasteiger partial charge in [-0.05, 0) is 19.2 Å². The average molecular weight is 205 g/mol. The molecule has 1 aliphatic rings. The molecule has 0 saturated heterocycles. The first kappa shape index (κ1) is 9.79. The molecule has 1 aromatic rings. The fraction of sp³-hybridized carbons (Fsp3) is 0.300. The van der Waals surface area contributed by atoms with Gasteiger partial charge in [0.2, 0.25) is 0 Å². The van der Waals surface area contributed by atoms with Crippen molar-refractivity contribution in [3.05, 3.63) is 29.6 Å². The Morgan fingerprint density at radius 3 is 2.87 bits per heavy atom. The molecule has 1 N–H and O–H groups in total. The molecule has 2 heterocycles. The SMILES string of the molecule is CNCCN1C(=O)c2cccnc2C1=O. The lowest BCUT2D eigenvalue weighted by Gasteiger charge is -2.12. The summed E-state index contributed by atoms with van der Waals surface area (Å²) in [4.78, 5) is 28.6. The monoisotopic (exact) mass is 205 g/mol. The lowest BCUT2D eigenvalue weighted by Crippen LogP contribution is -2.35. The van der Waals surface area contributed by atoms with E-state index in [-0.39, 0.29) is 17.5 Å². The van der Waals surface area contributed by atoms with Crippen LogP contribution < -0.4 is 5.32 Å². The van der Waals surface area contributed by atoms with E-state index in [1.807, 2.05) is 0 Å². The number of amides is 2. The van der Waals surface area contributed by atoms with Crippen LogP contribution in [-0.2, 0) is 0 Å². The second kappa shape index (κ2) is 3.78. The highest BCUT2D eigenvalue weighted by Crippen LogP contribution is 2.19. The minimum atomic E-state index is -0.300. The minimum Gasteiger partial charge on any atom is -0.318 e. The number of likely N-dealkylation sites (N-methyl/N-ethyl adjacent to an activating group) is 1. The summed E-state index contributed by atoms with van der Waals surface area (Å²) in [5, 5.41) is 2.90. The summed E-state index contributed by atoms with van der Waals surface area (Å²) in [5.74, 6) is -0.552. The zero-order chi connectivity index (χ0) is 10.8. The van der Waals surface area contributed by atoms with E-state index in [1.165, 1.54) is 11.1 Å². The Morgan fingerprint density at radius 2 is 2.20 bits per heavy atom. The van der Waals surface area contributed by atoms with Gasteiger partial charge in [-0.25, -0.2) is 0 Å². The number of aromatic nitrogens is 1. The lowest BCUT2D eigenvalue weighted by molar-refractivity contribution is 0.0654. The number of imide groups is 1. The first-order valence-electron chi connectivity index (χ1n) is 4.71. The largest absolute Gasteiger partial charge is 0.318 e. The van der Waals surface area contributed by atoms with Crippen LogP contribution in [0.5, 0.6) is 0 Å². The van der Waals surface area contributed by atoms with Gasteiger partial charge in [-0.15, -0.1) is 0 Å². The van der Waals surface area contributed by atoms with Crippen molar-refractivity contribution in [1.82, 2.24) is 15.2 Å². The molecule has 0 atom stereocenters. The van der Waals surface area contributed by atoms with Crippen molar-refractivity contribution >= 4 is 11.8 Å². The van der Waals surface area contributed by atoms with Gasteiger partial charge in [0.25, 0.3) is 11.8 Å². The maximum absolute atomic E-state index is 11.8. The molecule has 0 bridgehead atoms. The van der Waals surface area contributed by atoms with Crippen LogP contribution in [0.1, 0.15) is 20.8 Å². The molecule has 0 fully saturated rings. The van der Waals surface area contributed by atoms with Crippen LogP contribution in [0.2, 0.25) is 0 Å². The Kier molecular flexibility index (Phi) is 2.47. The van der Waals surface area contributed by atoms with Crippen molar-refractivity contribution in [1.29, 1.82) is 0 Å². The van der Waals surface area contributed by atoms with Gasteiger partial charge in [-0.3, -0.25) is 19.5 Å². The van der Waals surface area contributed by atoms with Gasteiger partial charge in [0, 0.05) is 19.3 Å². The molecule has 0 spiro atoms. The third-order valence-corrected chi connectivity index (χ3v) is 2.32. The predicted molar refractivity (Wildman–Crippen MR) is 53.5 cm³/mol. The van der Waals surface area contributed by atoms with Crippen molar-refractivity contribution in [2.75, 3.05) is 20.1 Å². The van der Waals surface area contributed by atoms with E-state index in [1.54, 1.807) is 19.2 Å². The standard InChI is InChI=1S/C10H11N3O2/c1-11-5-6-13-9(14)7-3-2-4-12-8(7)10(13)15/h2-4,11H,5-6H2,1H3. The molecule has 0 saturated carbocycles. The Labute approximate surface area is 87.1 Å². The van der Waals surface area contributed by atoms with Crippen LogP contribution >= 0.6 is 0 Å². The van der Waals surface area contributed by atoms with Gasteiger partial charge in [-0.1, -0.05) is 0 Å². The fourth-order valence-corrected chi connectivity index (χ4v) is 1.54. The summed E-state index contributed by atoms with van der Waals surface area (Å²) < 4.78 is 0. The summed E-state index contributed by atoms with van der Waals surface area (Å²) in [6.45, 7) is 0.968. The fourth-order valence-electron chi connectivity index (χ4n) is 1.54. The minimum absolute atomic E-state index is 0.252. The number of carbonyl (C=O) groups is 2. The van der Waals surface area contributed by atoms with Crippen molar-refractivity contribution in [2.24, 2.45) is 0 Å². The van der Waals surface area contributed by atoms with Crippen LogP contribution in [0.25, 0.3) is 0 Å². The smallest absolute Gasteiger partial charge is 0.280 e. The van der Waals surface area contributed by atoms with Crippen LogP contribution in [0.15, 0.2) is 18.3 Å². The highest BCUT2D eigenvalue weighted by Gasteiger charge is 2.35. The third-order valence-electron chi connectivity index (χ3n) is 2.32. The predicted octanol–water partition coefficient (Wildman–Crippen LogP) is -0.103. The van der Waals surface area contributed by atoms with Gasteiger partial charge in [0.15, 0.2) is 0 Å². The van der Waals surface area contributed by atoms with Crippen LogP contribution in [-0.4, -0.2) is 41.8 Å². The van der Waals surface area contributed by atoms with E-state index in [9.17, 15) is 9.59 Å². The number of pyridine rings is 1. The zero-order valence-corrected chi connectivity index (χ0v) is 8.36. The molecule has 0 unspecified atom stereocenters. The summed E-state index contributed by atoms with van der Waals surface area (Å²) in [6.07, 6.45) is 1.52. The van der Waals surface area contributed by atoms with Gasteiger partial charge in [-0.2, -0.15) is 0 Å². The van der Waals surface area contributed by atoms with E-state index in [0.717, 1.165) is 0 Å². The Bertz CT molecular complexity index is 382.